The Hall–Kier alpha value is -1.87. The molecule has 0 aliphatic carbocycles. The molecule has 0 spiro atoms. The molecule has 0 aromatic carbocycles. The van der Waals surface area contributed by atoms with E-state index in [1.54, 1.807) is 0 Å². The fourth-order valence-electron chi connectivity index (χ4n) is 9.37. The number of carbonyl (C=O) groups excluding carboxylic acids is 3. The Morgan fingerprint density at radius 1 is 0.377 bits per heavy atom. The number of ether oxygens (including phenoxy) is 3. The highest BCUT2D eigenvalue weighted by Gasteiger charge is 2.15. The predicted molar refractivity (Wildman–Crippen MR) is 295 cm³/mol. The molecule has 0 aromatic rings. The lowest BCUT2D eigenvalue weighted by Crippen LogP contribution is -2.32. The number of carbonyl (C=O) groups is 3. The molecule has 0 unspecified atom stereocenters. The molecule has 0 rings (SSSR count). The first-order valence-corrected chi connectivity index (χ1v) is 30.4. The first kappa shape index (κ1) is 67.1. The number of nitrogens with one attached hydrogen (secondary N) is 1. The summed E-state index contributed by atoms with van der Waals surface area (Å²) in [7, 11) is 6.38. The van der Waals surface area contributed by atoms with Gasteiger partial charge < -0.3 is 29.3 Å². The van der Waals surface area contributed by atoms with Gasteiger partial charge in [0.15, 0.2) is 0 Å². The van der Waals surface area contributed by atoms with Crippen LogP contribution in [0.4, 0.5) is 4.79 Å². The summed E-state index contributed by atoms with van der Waals surface area (Å²) in [5, 5.41) is 2.99. The molecule has 0 bridgehead atoms. The van der Waals surface area contributed by atoms with E-state index in [1.165, 1.54) is 193 Å². The van der Waals surface area contributed by atoms with Gasteiger partial charge in [-0.15, -0.1) is 0 Å². The van der Waals surface area contributed by atoms with Crippen LogP contribution in [-0.2, 0) is 23.8 Å². The number of alkyl carbamates (subject to hydrolysis) is 1. The maximum absolute atomic E-state index is 12.8. The Kier molecular flexibility index (Phi) is 53.9. The van der Waals surface area contributed by atoms with Gasteiger partial charge in [-0.2, -0.15) is 0 Å². The predicted octanol–water partition coefficient (Wildman–Crippen LogP) is 17.3. The average molecular weight is 979 g/mol. The van der Waals surface area contributed by atoms with Gasteiger partial charge in [-0.25, -0.2) is 4.79 Å². The standard InChI is InChI=1S/C60H119N3O6/c1-6-8-10-12-14-16-18-20-22-24-26-28-30-32-34-40-49-58(64)67-55-44-36-38-47-57(69-60(66)61-51-46-54-63(5)53-43-42-52-62(3)4)48-39-37-45-56-68-59(65)50-41-35-33-31-29-27-25-23-21-19-17-15-13-11-9-7-2/h57H,6-56H2,1-5H3,(H,61,66). The van der Waals surface area contributed by atoms with Crippen LogP contribution in [0.5, 0.6) is 0 Å². The van der Waals surface area contributed by atoms with E-state index in [2.05, 4.69) is 50.1 Å². The van der Waals surface area contributed by atoms with Crippen LogP contribution in [0.1, 0.15) is 303 Å². The highest BCUT2D eigenvalue weighted by molar-refractivity contribution is 5.69. The van der Waals surface area contributed by atoms with Gasteiger partial charge in [0.2, 0.25) is 0 Å². The normalized spacial score (nSPS) is 11.6. The molecule has 0 saturated heterocycles. The molecule has 0 atom stereocenters. The summed E-state index contributed by atoms with van der Waals surface area (Å²) in [6.45, 7) is 9.22. The molecule has 0 aliphatic heterocycles. The van der Waals surface area contributed by atoms with Crippen molar-refractivity contribution in [3.63, 3.8) is 0 Å². The molecule has 9 nitrogen and oxygen atoms in total. The minimum absolute atomic E-state index is 0.0698. The van der Waals surface area contributed by atoms with E-state index in [0.717, 1.165) is 103 Å². The molecule has 1 amide bonds. The van der Waals surface area contributed by atoms with Crippen molar-refractivity contribution in [1.82, 2.24) is 15.1 Å². The number of nitrogens with zero attached hydrogens (tertiary/aromatic N) is 2. The van der Waals surface area contributed by atoms with Crippen molar-refractivity contribution >= 4 is 18.0 Å². The average Bonchev–Trinajstić information content (AvgIpc) is 3.33. The summed E-state index contributed by atoms with van der Waals surface area (Å²) in [5.74, 6) is -0.140. The van der Waals surface area contributed by atoms with E-state index in [0.29, 0.717) is 32.6 Å². The molecule has 9 heteroatoms. The molecule has 0 fully saturated rings. The summed E-state index contributed by atoms with van der Waals surface area (Å²) in [6, 6.07) is 0. The van der Waals surface area contributed by atoms with E-state index < -0.39 is 0 Å². The Balaban J connectivity index is 4.20. The van der Waals surface area contributed by atoms with Crippen molar-refractivity contribution in [3.05, 3.63) is 0 Å². The minimum atomic E-state index is -0.334. The first-order valence-electron chi connectivity index (χ1n) is 30.4. The van der Waals surface area contributed by atoms with Crippen LogP contribution < -0.4 is 5.32 Å². The second-order valence-corrected chi connectivity index (χ2v) is 21.4. The van der Waals surface area contributed by atoms with Crippen molar-refractivity contribution in [1.29, 1.82) is 0 Å². The summed E-state index contributed by atoms with van der Waals surface area (Å²) < 4.78 is 17.1. The molecule has 69 heavy (non-hydrogen) atoms. The molecule has 0 aromatic heterocycles. The maximum atomic E-state index is 12.8. The summed E-state index contributed by atoms with van der Waals surface area (Å²) in [6.07, 6.45) is 53.2. The quantitative estimate of drug-likeness (QED) is 0.0366. The van der Waals surface area contributed by atoms with Gasteiger partial charge in [-0.05, 0) is 124 Å². The second-order valence-electron chi connectivity index (χ2n) is 21.4. The molecule has 0 heterocycles. The van der Waals surface area contributed by atoms with Crippen LogP contribution in [0.15, 0.2) is 0 Å². The first-order chi connectivity index (χ1) is 33.8. The topological polar surface area (TPSA) is 97.4 Å². The van der Waals surface area contributed by atoms with Gasteiger partial charge in [0.1, 0.15) is 6.10 Å². The lowest BCUT2D eigenvalue weighted by atomic mass is 10.0. The number of esters is 2. The smallest absolute Gasteiger partial charge is 0.407 e. The fourth-order valence-corrected chi connectivity index (χ4v) is 9.37. The monoisotopic (exact) mass is 978 g/mol. The molecule has 0 saturated carbocycles. The van der Waals surface area contributed by atoms with Crippen LogP contribution >= 0.6 is 0 Å². The van der Waals surface area contributed by atoms with Gasteiger partial charge in [-0.1, -0.05) is 206 Å². The van der Waals surface area contributed by atoms with E-state index >= 15 is 0 Å². The number of hydrogen-bond acceptors (Lipinski definition) is 8. The number of rotatable bonds is 56. The Labute approximate surface area is 429 Å². The van der Waals surface area contributed by atoms with Gasteiger partial charge in [0, 0.05) is 19.4 Å². The molecule has 1 N–H and O–H groups in total. The zero-order valence-corrected chi connectivity index (χ0v) is 47.0. The summed E-state index contributed by atoms with van der Waals surface area (Å²) >= 11 is 0. The van der Waals surface area contributed by atoms with Gasteiger partial charge in [-0.3, -0.25) is 9.59 Å². The van der Waals surface area contributed by atoms with Crippen LogP contribution in [0.25, 0.3) is 0 Å². The van der Waals surface area contributed by atoms with Crippen molar-refractivity contribution < 1.29 is 28.6 Å². The molecular formula is C60H119N3O6. The number of amides is 1. The van der Waals surface area contributed by atoms with Crippen LogP contribution in [0.3, 0.4) is 0 Å². The highest BCUT2D eigenvalue weighted by atomic mass is 16.6. The Morgan fingerprint density at radius 3 is 1.06 bits per heavy atom. The summed E-state index contributed by atoms with van der Waals surface area (Å²) in [5.41, 5.74) is 0. The molecule has 410 valence electrons. The van der Waals surface area contributed by atoms with Crippen molar-refractivity contribution in [3.8, 4) is 0 Å². The van der Waals surface area contributed by atoms with E-state index in [4.69, 9.17) is 14.2 Å². The number of unbranched alkanes of at least 4 members (excludes halogenated alkanes) is 35. The molecular weight excluding hydrogens is 859 g/mol. The lowest BCUT2D eigenvalue weighted by molar-refractivity contribution is -0.144. The summed E-state index contributed by atoms with van der Waals surface area (Å²) in [4.78, 5) is 42.1. The molecule has 0 aliphatic rings. The van der Waals surface area contributed by atoms with Crippen LogP contribution in [0, 0.1) is 0 Å². The minimum Gasteiger partial charge on any atom is -0.466 e. The SMILES string of the molecule is CCCCCCCCCCCCCCCCCCC(=O)OCCCCCC(CCCCCOC(=O)CCCCCCCCCCCCCCCCCC)OC(=O)NCCCN(C)CCCCN(C)C. The largest absolute Gasteiger partial charge is 0.466 e. The fraction of sp³-hybridized carbons (Fsp3) is 0.950. The molecule has 0 radical (unpaired) electrons. The van der Waals surface area contributed by atoms with E-state index in [1.807, 2.05) is 0 Å². The van der Waals surface area contributed by atoms with E-state index in [9.17, 15) is 14.4 Å². The third-order valence-corrected chi connectivity index (χ3v) is 14.0. The Bertz CT molecular complexity index is 1020. The zero-order chi connectivity index (χ0) is 50.4. The zero-order valence-electron chi connectivity index (χ0n) is 47.0. The van der Waals surface area contributed by atoms with Crippen molar-refractivity contribution in [2.75, 3.05) is 60.5 Å². The second kappa shape index (κ2) is 55.4. The van der Waals surface area contributed by atoms with Gasteiger partial charge in [0.25, 0.3) is 0 Å². The van der Waals surface area contributed by atoms with Gasteiger partial charge in [0.05, 0.1) is 13.2 Å². The third-order valence-electron chi connectivity index (χ3n) is 14.0. The highest BCUT2D eigenvalue weighted by Crippen LogP contribution is 2.18. The van der Waals surface area contributed by atoms with Gasteiger partial charge >= 0.3 is 18.0 Å². The lowest BCUT2D eigenvalue weighted by Gasteiger charge is -2.19. The third kappa shape index (κ3) is 55.3. The Morgan fingerprint density at radius 2 is 0.696 bits per heavy atom. The van der Waals surface area contributed by atoms with Crippen LogP contribution in [-0.4, -0.2) is 94.5 Å². The van der Waals surface area contributed by atoms with Crippen molar-refractivity contribution in [2.45, 2.75) is 309 Å². The van der Waals surface area contributed by atoms with E-state index in [-0.39, 0.29) is 24.1 Å². The maximum Gasteiger partial charge on any atom is 0.407 e. The van der Waals surface area contributed by atoms with Crippen molar-refractivity contribution in [2.24, 2.45) is 0 Å². The van der Waals surface area contributed by atoms with Crippen LogP contribution in [0.2, 0.25) is 0 Å². The number of hydrogen-bond donors (Lipinski definition) is 1.